The molecule has 2 fully saturated rings. The van der Waals surface area contributed by atoms with Gasteiger partial charge in [-0.15, -0.1) is 5.10 Å². The molecule has 1 atom stereocenters. The summed E-state index contributed by atoms with van der Waals surface area (Å²) in [4.78, 5) is 7.27. The summed E-state index contributed by atoms with van der Waals surface area (Å²) in [6.07, 6.45) is 8.20. The van der Waals surface area contributed by atoms with E-state index in [1.165, 1.54) is 12.8 Å². The molecule has 4 aromatic rings. The average molecular weight is 583 g/mol. The molecule has 6 rings (SSSR count). The van der Waals surface area contributed by atoms with Gasteiger partial charge in [0, 0.05) is 41.8 Å². The molecule has 2 N–H and O–H groups in total. The minimum atomic E-state index is -0.268. The topological polar surface area (TPSA) is 94.7 Å². The first-order valence-corrected chi connectivity index (χ1v) is 15.3. The van der Waals surface area contributed by atoms with Gasteiger partial charge in [0.25, 0.3) is 0 Å². The maximum Gasteiger partial charge on any atom is 0.109 e. The van der Waals surface area contributed by atoms with Crippen molar-refractivity contribution in [3.05, 3.63) is 76.7 Å². The molecule has 2 aromatic heterocycles. The van der Waals surface area contributed by atoms with Gasteiger partial charge in [0.05, 0.1) is 40.7 Å². The van der Waals surface area contributed by atoms with Crippen molar-refractivity contribution in [2.24, 2.45) is 5.41 Å². The van der Waals surface area contributed by atoms with Crippen LogP contribution in [0.2, 0.25) is 5.02 Å². The van der Waals surface area contributed by atoms with E-state index in [2.05, 4.69) is 77.9 Å². The van der Waals surface area contributed by atoms with E-state index in [4.69, 9.17) is 16.6 Å². The lowest BCUT2D eigenvalue weighted by Crippen LogP contribution is -2.46. The number of hydrogen-bond acceptors (Lipinski definition) is 7. The Hall–Kier alpha value is -3.67. The second kappa shape index (κ2) is 11.2. The number of likely N-dealkylation sites (tertiary alicyclic amines) is 1. The van der Waals surface area contributed by atoms with E-state index in [-0.39, 0.29) is 17.0 Å². The molecule has 1 aliphatic carbocycles. The number of nitriles is 1. The third kappa shape index (κ3) is 5.95. The minimum absolute atomic E-state index is 0.174. The van der Waals surface area contributed by atoms with Crippen LogP contribution in [-0.2, 0) is 0 Å². The van der Waals surface area contributed by atoms with Crippen LogP contribution < -0.4 is 10.6 Å². The van der Waals surface area contributed by atoms with Crippen LogP contribution in [0, 0.1) is 16.7 Å². The molecule has 0 spiro atoms. The summed E-state index contributed by atoms with van der Waals surface area (Å²) in [7, 11) is 0. The number of halogens is 1. The molecule has 0 amide bonds. The molecule has 3 heterocycles. The number of hydrogen-bond donors (Lipinski definition) is 2. The third-order valence-corrected chi connectivity index (χ3v) is 9.11. The highest BCUT2D eigenvalue weighted by Gasteiger charge is 2.37. The first kappa shape index (κ1) is 28.4. The molecular weight excluding hydrogens is 544 g/mol. The van der Waals surface area contributed by atoms with E-state index in [9.17, 15) is 5.26 Å². The zero-order valence-electron chi connectivity index (χ0n) is 24.9. The predicted octanol–water partition coefficient (Wildman–Crippen LogP) is 7.20. The summed E-state index contributed by atoms with van der Waals surface area (Å²) in [5, 5.41) is 27.8. The summed E-state index contributed by atoms with van der Waals surface area (Å²) < 4.78 is 2.04. The van der Waals surface area contributed by atoms with Gasteiger partial charge in [-0.1, -0.05) is 54.1 Å². The maximum atomic E-state index is 9.87. The number of fused-ring (bicyclic) bond motifs is 1. The van der Waals surface area contributed by atoms with Crippen molar-refractivity contribution in [3.8, 4) is 6.07 Å². The largest absolute Gasteiger partial charge is 0.383 e. The highest BCUT2D eigenvalue weighted by molar-refractivity contribution is 6.32. The third-order valence-electron chi connectivity index (χ3n) is 8.90. The number of pyridine rings is 1. The molecule has 0 radical (unpaired) electrons. The predicted molar refractivity (Wildman–Crippen MR) is 169 cm³/mol. The fourth-order valence-electron chi connectivity index (χ4n) is 5.88. The van der Waals surface area contributed by atoms with Crippen molar-refractivity contribution in [3.63, 3.8) is 0 Å². The van der Waals surface area contributed by atoms with E-state index < -0.39 is 0 Å². The Kier molecular flexibility index (Phi) is 7.59. The Morgan fingerprint density at radius 3 is 2.55 bits per heavy atom. The number of benzene rings is 2. The monoisotopic (exact) mass is 582 g/mol. The molecule has 1 aliphatic heterocycles. The van der Waals surface area contributed by atoms with Gasteiger partial charge in [-0.25, -0.2) is 4.68 Å². The highest BCUT2D eigenvalue weighted by atomic mass is 35.5. The molecule has 2 aromatic carbocycles. The Balaban J connectivity index is 1.33. The molecule has 9 heteroatoms. The van der Waals surface area contributed by atoms with Crippen LogP contribution in [-0.4, -0.2) is 50.1 Å². The first-order valence-electron chi connectivity index (χ1n) is 14.9. The number of nitrogens with one attached hydrogen (secondary N) is 2. The van der Waals surface area contributed by atoms with Crippen molar-refractivity contribution in [1.29, 1.82) is 5.26 Å². The number of aromatic nitrogens is 4. The van der Waals surface area contributed by atoms with E-state index >= 15 is 0 Å². The van der Waals surface area contributed by atoms with Crippen molar-refractivity contribution in [1.82, 2.24) is 24.9 Å². The van der Waals surface area contributed by atoms with Crippen molar-refractivity contribution in [2.75, 3.05) is 30.3 Å². The van der Waals surface area contributed by atoms with E-state index in [0.29, 0.717) is 16.6 Å². The van der Waals surface area contributed by atoms with Crippen molar-refractivity contribution < 1.29 is 0 Å². The van der Waals surface area contributed by atoms with Gasteiger partial charge in [0.15, 0.2) is 0 Å². The SMILES string of the molecule is CC1(CNc2c(C#N)cnc3c(N[C@@H](c4ccccc4)c4cn(C5CCN(C(C)(C)C)CC5)nn4)cc(Cl)cc23)CC1. The van der Waals surface area contributed by atoms with E-state index in [1.807, 2.05) is 35.0 Å². The maximum absolute atomic E-state index is 9.87. The van der Waals surface area contributed by atoms with Gasteiger partial charge in [0.1, 0.15) is 11.8 Å². The summed E-state index contributed by atoms with van der Waals surface area (Å²) in [5.41, 5.74) is 5.18. The van der Waals surface area contributed by atoms with Gasteiger partial charge < -0.3 is 10.6 Å². The van der Waals surface area contributed by atoms with Crippen molar-refractivity contribution >= 4 is 33.9 Å². The van der Waals surface area contributed by atoms with Gasteiger partial charge >= 0.3 is 0 Å². The lowest BCUT2D eigenvalue weighted by atomic mass is 9.98. The fraction of sp³-hybridized carbons (Fsp3) is 0.455. The van der Waals surface area contributed by atoms with Crippen LogP contribution >= 0.6 is 11.6 Å². The Morgan fingerprint density at radius 1 is 1.14 bits per heavy atom. The van der Waals surface area contributed by atoms with Gasteiger partial charge in [-0.05, 0) is 69.6 Å². The Bertz CT molecular complexity index is 1610. The van der Waals surface area contributed by atoms with Crippen LogP contribution in [0.5, 0.6) is 0 Å². The Morgan fingerprint density at radius 2 is 1.88 bits per heavy atom. The fourth-order valence-corrected chi connectivity index (χ4v) is 6.09. The molecule has 0 bridgehead atoms. The van der Waals surface area contributed by atoms with Crippen LogP contribution in [0.3, 0.4) is 0 Å². The average Bonchev–Trinajstić information content (AvgIpc) is 3.52. The molecular formula is C33H39ClN8. The quantitative estimate of drug-likeness (QED) is 0.227. The van der Waals surface area contributed by atoms with Crippen molar-refractivity contribution in [2.45, 2.75) is 71.0 Å². The van der Waals surface area contributed by atoms with Crippen LogP contribution in [0.1, 0.15) is 82.3 Å². The molecule has 0 unspecified atom stereocenters. The smallest absolute Gasteiger partial charge is 0.109 e. The van der Waals surface area contributed by atoms with Crippen LogP contribution in [0.4, 0.5) is 11.4 Å². The molecule has 1 saturated heterocycles. The summed E-state index contributed by atoms with van der Waals surface area (Å²) in [5.74, 6) is 0. The molecule has 42 heavy (non-hydrogen) atoms. The van der Waals surface area contributed by atoms with Crippen LogP contribution in [0.25, 0.3) is 10.9 Å². The number of piperidine rings is 1. The number of anilines is 2. The lowest BCUT2D eigenvalue weighted by molar-refractivity contribution is 0.0866. The van der Waals surface area contributed by atoms with E-state index in [1.54, 1.807) is 6.20 Å². The number of rotatable bonds is 8. The van der Waals surface area contributed by atoms with Gasteiger partial charge in [-0.2, -0.15) is 5.26 Å². The first-order chi connectivity index (χ1) is 20.1. The second-order valence-corrected chi connectivity index (χ2v) is 13.6. The van der Waals surface area contributed by atoms with Crippen LogP contribution in [0.15, 0.2) is 54.9 Å². The zero-order chi connectivity index (χ0) is 29.5. The summed E-state index contributed by atoms with van der Waals surface area (Å²) in [6.45, 7) is 12.0. The lowest BCUT2D eigenvalue weighted by Gasteiger charge is -2.40. The summed E-state index contributed by atoms with van der Waals surface area (Å²) >= 11 is 6.70. The van der Waals surface area contributed by atoms with E-state index in [0.717, 1.165) is 66.0 Å². The molecule has 2 aliphatic rings. The number of nitrogens with zero attached hydrogens (tertiary/aromatic N) is 6. The second-order valence-electron chi connectivity index (χ2n) is 13.2. The molecule has 218 valence electrons. The van der Waals surface area contributed by atoms with Gasteiger partial charge in [-0.3, -0.25) is 9.88 Å². The summed E-state index contributed by atoms with van der Waals surface area (Å²) in [6, 6.07) is 16.4. The zero-order valence-corrected chi connectivity index (χ0v) is 25.6. The molecule has 8 nitrogen and oxygen atoms in total. The highest BCUT2D eigenvalue weighted by Crippen LogP contribution is 2.45. The Labute approximate surface area is 253 Å². The normalized spacial score (nSPS) is 18.0. The van der Waals surface area contributed by atoms with Gasteiger partial charge in [0.2, 0.25) is 0 Å². The standard InChI is InChI=1S/C33H39ClN8/c1-32(2,3)41-14-10-25(11-15-41)42-20-28(39-40-42)30(22-8-6-5-7-9-22)38-27-17-24(34)16-26-29(37-21-33(4)12-13-33)23(18-35)19-36-31(26)27/h5-9,16-17,19-20,25,30,38H,10-15,21H2,1-4H3,(H,36,37)/t30-/m0/s1. The minimum Gasteiger partial charge on any atom is -0.383 e. The molecule has 1 saturated carbocycles.